The third-order valence-electron chi connectivity index (χ3n) is 2.86. The summed E-state index contributed by atoms with van der Waals surface area (Å²) in [5, 5.41) is 0. The first-order chi connectivity index (χ1) is 8.26. The zero-order chi connectivity index (χ0) is 12.3. The molecule has 0 aliphatic carbocycles. The SMILES string of the molecule is COC(=O)C1CCCN1c1cc(OC)ncn1. The second-order valence-corrected chi connectivity index (χ2v) is 3.79. The second kappa shape index (κ2) is 4.99. The van der Waals surface area contributed by atoms with Crippen LogP contribution in [0.15, 0.2) is 12.4 Å². The fourth-order valence-electron chi connectivity index (χ4n) is 2.02. The Balaban J connectivity index is 2.22. The molecule has 0 radical (unpaired) electrons. The average molecular weight is 237 g/mol. The quantitative estimate of drug-likeness (QED) is 0.718. The van der Waals surface area contributed by atoms with Crippen molar-refractivity contribution in [3.8, 4) is 5.88 Å². The molecule has 1 fully saturated rings. The number of nitrogens with zero attached hydrogens (tertiary/aromatic N) is 3. The highest BCUT2D eigenvalue weighted by atomic mass is 16.5. The van der Waals surface area contributed by atoms with Gasteiger partial charge in [0.1, 0.15) is 18.2 Å². The van der Waals surface area contributed by atoms with Gasteiger partial charge in [-0.05, 0) is 12.8 Å². The minimum absolute atomic E-state index is 0.222. The molecule has 1 aromatic rings. The summed E-state index contributed by atoms with van der Waals surface area (Å²) in [6.07, 6.45) is 3.17. The molecule has 17 heavy (non-hydrogen) atoms. The lowest BCUT2D eigenvalue weighted by molar-refractivity contribution is -0.141. The van der Waals surface area contributed by atoms with Crippen molar-refractivity contribution in [1.29, 1.82) is 0 Å². The maximum Gasteiger partial charge on any atom is 0.328 e. The number of carbonyl (C=O) groups is 1. The summed E-state index contributed by atoms with van der Waals surface area (Å²) in [7, 11) is 2.95. The molecule has 6 heteroatoms. The normalized spacial score (nSPS) is 19.2. The number of aromatic nitrogens is 2. The predicted molar refractivity (Wildman–Crippen MR) is 61.0 cm³/mol. The molecular weight excluding hydrogens is 222 g/mol. The van der Waals surface area contributed by atoms with Gasteiger partial charge in [-0.1, -0.05) is 0 Å². The fraction of sp³-hybridized carbons (Fsp3) is 0.545. The molecule has 0 amide bonds. The zero-order valence-corrected chi connectivity index (χ0v) is 9.92. The Morgan fingerprint density at radius 2 is 2.29 bits per heavy atom. The van der Waals surface area contributed by atoms with E-state index in [4.69, 9.17) is 9.47 Å². The summed E-state index contributed by atoms with van der Waals surface area (Å²) >= 11 is 0. The summed E-state index contributed by atoms with van der Waals surface area (Å²) in [6, 6.07) is 1.47. The van der Waals surface area contributed by atoms with E-state index in [2.05, 4.69) is 9.97 Å². The zero-order valence-electron chi connectivity index (χ0n) is 9.92. The minimum atomic E-state index is -0.250. The Bertz CT molecular complexity index is 411. The van der Waals surface area contributed by atoms with Crippen LogP contribution in [-0.4, -0.2) is 42.7 Å². The molecule has 6 nitrogen and oxygen atoms in total. The van der Waals surface area contributed by atoms with E-state index in [-0.39, 0.29) is 12.0 Å². The molecule has 92 valence electrons. The number of hydrogen-bond acceptors (Lipinski definition) is 6. The fourth-order valence-corrected chi connectivity index (χ4v) is 2.02. The molecule has 0 N–H and O–H groups in total. The highest BCUT2D eigenvalue weighted by molar-refractivity contribution is 5.80. The topological polar surface area (TPSA) is 64.5 Å². The number of esters is 1. The van der Waals surface area contributed by atoms with Crippen LogP contribution in [0.25, 0.3) is 0 Å². The number of anilines is 1. The smallest absolute Gasteiger partial charge is 0.328 e. The van der Waals surface area contributed by atoms with Gasteiger partial charge in [-0.3, -0.25) is 0 Å². The molecule has 0 bridgehead atoms. The lowest BCUT2D eigenvalue weighted by Gasteiger charge is -2.23. The lowest BCUT2D eigenvalue weighted by Crippen LogP contribution is -2.37. The van der Waals surface area contributed by atoms with Gasteiger partial charge in [0.25, 0.3) is 0 Å². The molecule has 1 saturated heterocycles. The van der Waals surface area contributed by atoms with Crippen LogP contribution in [0.2, 0.25) is 0 Å². The minimum Gasteiger partial charge on any atom is -0.481 e. The van der Waals surface area contributed by atoms with Gasteiger partial charge in [0.2, 0.25) is 5.88 Å². The monoisotopic (exact) mass is 237 g/mol. The molecular formula is C11H15N3O3. The Hall–Kier alpha value is -1.85. The van der Waals surface area contributed by atoms with E-state index < -0.39 is 0 Å². The van der Waals surface area contributed by atoms with Gasteiger partial charge in [-0.2, -0.15) is 0 Å². The van der Waals surface area contributed by atoms with Crippen molar-refractivity contribution in [2.24, 2.45) is 0 Å². The molecule has 0 spiro atoms. The second-order valence-electron chi connectivity index (χ2n) is 3.79. The van der Waals surface area contributed by atoms with Gasteiger partial charge in [0.05, 0.1) is 14.2 Å². The van der Waals surface area contributed by atoms with Crippen LogP contribution in [0.4, 0.5) is 5.82 Å². The first kappa shape index (κ1) is 11.6. The molecule has 1 unspecified atom stereocenters. The Morgan fingerprint density at radius 3 is 3.00 bits per heavy atom. The Labute approximate surface area is 99.6 Å². The summed E-state index contributed by atoms with van der Waals surface area (Å²) in [6.45, 7) is 0.792. The van der Waals surface area contributed by atoms with E-state index in [1.54, 1.807) is 13.2 Å². The van der Waals surface area contributed by atoms with E-state index in [0.29, 0.717) is 11.7 Å². The van der Waals surface area contributed by atoms with E-state index in [0.717, 1.165) is 19.4 Å². The van der Waals surface area contributed by atoms with Gasteiger partial charge >= 0.3 is 5.97 Å². The van der Waals surface area contributed by atoms with Crippen LogP contribution < -0.4 is 9.64 Å². The number of ether oxygens (including phenoxy) is 2. The number of rotatable bonds is 3. The van der Waals surface area contributed by atoms with Crippen LogP contribution in [-0.2, 0) is 9.53 Å². The number of methoxy groups -OCH3 is 2. The summed E-state index contributed by atoms with van der Waals surface area (Å²) in [5.74, 6) is 0.968. The van der Waals surface area contributed by atoms with Crippen LogP contribution >= 0.6 is 0 Å². The van der Waals surface area contributed by atoms with Crippen molar-refractivity contribution in [1.82, 2.24) is 9.97 Å². The Kier molecular flexibility index (Phi) is 3.41. The summed E-state index contributed by atoms with van der Waals surface area (Å²) < 4.78 is 9.83. The molecule has 2 heterocycles. The molecule has 1 aromatic heterocycles. The van der Waals surface area contributed by atoms with Crippen molar-refractivity contribution in [2.45, 2.75) is 18.9 Å². The van der Waals surface area contributed by atoms with E-state index in [9.17, 15) is 4.79 Å². The number of carbonyl (C=O) groups excluding carboxylic acids is 1. The van der Waals surface area contributed by atoms with Crippen molar-refractivity contribution >= 4 is 11.8 Å². The van der Waals surface area contributed by atoms with Crippen molar-refractivity contribution in [3.63, 3.8) is 0 Å². The predicted octanol–water partition coefficient (Wildman–Crippen LogP) is 0.627. The maximum absolute atomic E-state index is 11.6. The van der Waals surface area contributed by atoms with Gasteiger partial charge < -0.3 is 14.4 Å². The maximum atomic E-state index is 11.6. The van der Waals surface area contributed by atoms with E-state index >= 15 is 0 Å². The van der Waals surface area contributed by atoms with Gasteiger partial charge in [0, 0.05) is 12.6 Å². The van der Waals surface area contributed by atoms with Crippen molar-refractivity contribution in [3.05, 3.63) is 12.4 Å². The standard InChI is InChI=1S/C11H15N3O3/c1-16-10-6-9(12-7-13-10)14-5-3-4-8(14)11(15)17-2/h6-8H,3-5H2,1-2H3. The van der Waals surface area contributed by atoms with Gasteiger partial charge in [-0.25, -0.2) is 14.8 Å². The molecule has 0 saturated carbocycles. The van der Waals surface area contributed by atoms with Crippen LogP contribution in [0.1, 0.15) is 12.8 Å². The van der Waals surface area contributed by atoms with Crippen LogP contribution in [0.3, 0.4) is 0 Å². The van der Waals surface area contributed by atoms with Crippen LogP contribution in [0, 0.1) is 0 Å². The molecule has 1 atom stereocenters. The Morgan fingerprint density at radius 1 is 1.47 bits per heavy atom. The molecule has 1 aliphatic heterocycles. The summed E-state index contributed by atoms with van der Waals surface area (Å²) in [4.78, 5) is 21.6. The average Bonchev–Trinajstić information content (AvgIpc) is 2.87. The molecule has 0 aromatic carbocycles. The highest BCUT2D eigenvalue weighted by Crippen LogP contribution is 2.25. The van der Waals surface area contributed by atoms with Crippen LogP contribution in [0.5, 0.6) is 5.88 Å². The summed E-state index contributed by atoms with van der Waals surface area (Å²) in [5.41, 5.74) is 0. The van der Waals surface area contributed by atoms with Gasteiger partial charge in [-0.15, -0.1) is 0 Å². The largest absolute Gasteiger partial charge is 0.481 e. The van der Waals surface area contributed by atoms with E-state index in [1.165, 1.54) is 13.4 Å². The highest BCUT2D eigenvalue weighted by Gasteiger charge is 2.32. The third-order valence-corrected chi connectivity index (χ3v) is 2.86. The first-order valence-corrected chi connectivity index (χ1v) is 5.46. The third kappa shape index (κ3) is 2.30. The first-order valence-electron chi connectivity index (χ1n) is 5.46. The van der Waals surface area contributed by atoms with Crippen molar-refractivity contribution < 1.29 is 14.3 Å². The molecule has 2 rings (SSSR count). The van der Waals surface area contributed by atoms with Crippen molar-refractivity contribution in [2.75, 3.05) is 25.7 Å². The lowest BCUT2D eigenvalue weighted by atomic mass is 10.2. The van der Waals surface area contributed by atoms with E-state index in [1.807, 2.05) is 4.90 Å². The molecule has 1 aliphatic rings. The number of hydrogen-bond donors (Lipinski definition) is 0. The van der Waals surface area contributed by atoms with Gasteiger partial charge in [0.15, 0.2) is 0 Å².